The van der Waals surface area contributed by atoms with Crippen LogP contribution in [0.15, 0.2) is 29.1 Å². The number of hydrogen-bond acceptors (Lipinski definition) is 5. The van der Waals surface area contributed by atoms with Gasteiger partial charge in [0.05, 0.1) is 0 Å². The van der Waals surface area contributed by atoms with Crippen LogP contribution in [-0.4, -0.2) is 50.6 Å². The lowest BCUT2D eigenvalue weighted by Gasteiger charge is -2.26. The predicted molar refractivity (Wildman–Crippen MR) is 95.1 cm³/mol. The number of hydrogen-bond donors (Lipinski definition) is 1. The largest absolute Gasteiger partial charge is 0.341 e. The summed E-state index contributed by atoms with van der Waals surface area (Å²) in [5.41, 5.74) is 1.99. The molecule has 1 aromatic carbocycles. The van der Waals surface area contributed by atoms with Crippen LogP contribution in [0.4, 0.5) is 0 Å². The van der Waals surface area contributed by atoms with E-state index in [-0.39, 0.29) is 11.5 Å². The quantitative estimate of drug-likeness (QED) is 0.912. The van der Waals surface area contributed by atoms with E-state index in [4.69, 9.17) is 0 Å². The molecule has 0 unspecified atom stereocenters. The fraction of sp³-hybridized carbons (Fsp3) is 0.412. The van der Waals surface area contributed by atoms with Crippen molar-refractivity contribution in [1.82, 2.24) is 20.1 Å². The van der Waals surface area contributed by atoms with Crippen LogP contribution in [0.5, 0.6) is 0 Å². The molecule has 1 aromatic heterocycles. The molecule has 1 aliphatic rings. The van der Waals surface area contributed by atoms with Gasteiger partial charge in [0.25, 0.3) is 5.56 Å². The van der Waals surface area contributed by atoms with Gasteiger partial charge in [0.1, 0.15) is 5.69 Å². The minimum atomic E-state index is -0.275. The fourth-order valence-corrected chi connectivity index (χ4v) is 3.46. The monoisotopic (exact) mass is 344 g/mol. The summed E-state index contributed by atoms with van der Waals surface area (Å²) < 4.78 is 0. The van der Waals surface area contributed by atoms with E-state index >= 15 is 0 Å². The van der Waals surface area contributed by atoms with Gasteiger partial charge in [-0.1, -0.05) is 29.8 Å². The molecule has 1 amide bonds. The number of nitrogens with zero attached hydrogens (tertiary/aromatic N) is 3. The maximum atomic E-state index is 12.2. The van der Waals surface area contributed by atoms with Gasteiger partial charge < -0.3 is 9.88 Å². The van der Waals surface area contributed by atoms with Crippen molar-refractivity contribution in [2.75, 3.05) is 24.6 Å². The zero-order chi connectivity index (χ0) is 16.9. The second-order valence-electron chi connectivity index (χ2n) is 5.81. The van der Waals surface area contributed by atoms with E-state index in [1.54, 1.807) is 0 Å². The number of aromatic nitrogens is 3. The van der Waals surface area contributed by atoms with E-state index < -0.39 is 0 Å². The Labute approximate surface area is 144 Å². The first-order valence-corrected chi connectivity index (χ1v) is 9.17. The third-order valence-corrected chi connectivity index (χ3v) is 4.97. The molecular formula is C17H20N4O2S. The molecular weight excluding hydrogens is 324 g/mol. The summed E-state index contributed by atoms with van der Waals surface area (Å²) >= 11 is 1.86. The van der Waals surface area contributed by atoms with Gasteiger partial charge in [-0.25, -0.2) is 0 Å². The summed E-state index contributed by atoms with van der Waals surface area (Å²) in [6.07, 6.45) is 0.616. The molecule has 6 nitrogen and oxygen atoms in total. The highest BCUT2D eigenvalue weighted by Gasteiger charge is 2.17. The van der Waals surface area contributed by atoms with E-state index in [1.807, 2.05) is 47.9 Å². The smallest absolute Gasteiger partial charge is 0.273 e. The summed E-state index contributed by atoms with van der Waals surface area (Å²) in [6.45, 7) is 3.58. The molecule has 0 bridgehead atoms. The number of aromatic amines is 1. The summed E-state index contributed by atoms with van der Waals surface area (Å²) in [4.78, 5) is 29.0. The van der Waals surface area contributed by atoms with Crippen LogP contribution in [0.25, 0.3) is 11.4 Å². The molecule has 2 aromatic rings. The Morgan fingerprint density at radius 2 is 1.92 bits per heavy atom. The van der Waals surface area contributed by atoms with Gasteiger partial charge in [0.15, 0.2) is 5.82 Å². The molecule has 0 aliphatic carbocycles. The van der Waals surface area contributed by atoms with Crippen LogP contribution in [0, 0.1) is 6.92 Å². The number of aryl methyl sites for hydroxylation is 2. The molecule has 0 atom stereocenters. The number of benzene rings is 1. The summed E-state index contributed by atoms with van der Waals surface area (Å²) in [7, 11) is 0. The second-order valence-corrected chi connectivity index (χ2v) is 7.03. The van der Waals surface area contributed by atoms with E-state index in [1.165, 1.54) is 0 Å². The third-order valence-electron chi connectivity index (χ3n) is 4.03. The minimum Gasteiger partial charge on any atom is -0.341 e. The van der Waals surface area contributed by atoms with E-state index in [9.17, 15) is 9.59 Å². The van der Waals surface area contributed by atoms with Crippen molar-refractivity contribution in [3.8, 4) is 11.4 Å². The van der Waals surface area contributed by atoms with Crippen LogP contribution in [0.3, 0.4) is 0 Å². The molecule has 7 heteroatoms. The van der Waals surface area contributed by atoms with Crippen LogP contribution < -0.4 is 5.56 Å². The molecule has 2 heterocycles. The van der Waals surface area contributed by atoms with Gasteiger partial charge in [-0.2, -0.15) is 11.8 Å². The zero-order valence-electron chi connectivity index (χ0n) is 13.6. The van der Waals surface area contributed by atoms with Crippen molar-refractivity contribution in [1.29, 1.82) is 0 Å². The molecule has 3 rings (SSSR count). The Morgan fingerprint density at radius 1 is 1.21 bits per heavy atom. The van der Waals surface area contributed by atoms with Gasteiger partial charge in [-0.15, -0.1) is 10.2 Å². The van der Waals surface area contributed by atoms with Gasteiger partial charge in [-0.05, 0) is 6.92 Å². The van der Waals surface area contributed by atoms with E-state index in [2.05, 4.69) is 15.2 Å². The lowest BCUT2D eigenvalue weighted by molar-refractivity contribution is -0.130. The summed E-state index contributed by atoms with van der Waals surface area (Å²) in [5, 5.41) is 8.12. The van der Waals surface area contributed by atoms with Crippen molar-refractivity contribution >= 4 is 17.7 Å². The number of amides is 1. The Kier molecular flexibility index (Phi) is 5.30. The predicted octanol–water partition coefficient (Wildman–Crippen LogP) is 1.65. The summed E-state index contributed by atoms with van der Waals surface area (Å²) in [6, 6.07) is 7.71. The highest BCUT2D eigenvalue weighted by Crippen LogP contribution is 2.14. The Balaban J connectivity index is 1.65. The second kappa shape index (κ2) is 7.61. The normalized spacial score (nSPS) is 14.6. The Hall–Kier alpha value is -2.15. The van der Waals surface area contributed by atoms with Gasteiger partial charge in [0, 0.05) is 43.0 Å². The number of carbonyl (C=O) groups excluding carboxylic acids is 1. The average molecular weight is 344 g/mol. The van der Waals surface area contributed by atoms with Gasteiger partial charge in [0.2, 0.25) is 5.91 Å². The van der Waals surface area contributed by atoms with Crippen LogP contribution in [0.2, 0.25) is 0 Å². The summed E-state index contributed by atoms with van der Waals surface area (Å²) in [5.74, 6) is 2.50. The van der Waals surface area contributed by atoms with Crippen LogP contribution in [0.1, 0.15) is 17.7 Å². The van der Waals surface area contributed by atoms with Crippen molar-refractivity contribution < 1.29 is 4.79 Å². The molecule has 1 saturated heterocycles. The maximum absolute atomic E-state index is 12.2. The van der Waals surface area contributed by atoms with Crippen molar-refractivity contribution in [2.24, 2.45) is 0 Å². The number of thioether (sulfide) groups is 1. The zero-order valence-corrected chi connectivity index (χ0v) is 14.4. The van der Waals surface area contributed by atoms with Crippen LogP contribution in [-0.2, 0) is 11.2 Å². The molecule has 0 saturated carbocycles. The number of rotatable bonds is 4. The Morgan fingerprint density at radius 3 is 2.58 bits per heavy atom. The van der Waals surface area contributed by atoms with E-state index in [0.717, 1.165) is 35.7 Å². The molecule has 1 aliphatic heterocycles. The third kappa shape index (κ3) is 4.03. The number of carbonyl (C=O) groups is 1. The molecule has 0 spiro atoms. The lowest BCUT2D eigenvalue weighted by atomic mass is 10.1. The standard InChI is InChI=1S/C17H20N4O2S/c1-12-2-4-13(5-3-12)16-18-17(23)14(19-20-16)6-7-15(22)21-8-10-24-11-9-21/h2-5H,6-11H2,1H3,(H,18,20,23). The SMILES string of the molecule is Cc1ccc(-c2nnc(CCC(=O)N3CCSCC3)c(=O)[nH]2)cc1. The molecule has 24 heavy (non-hydrogen) atoms. The average Bonchev–Trinajstić information content (AvgIpc) is 2.62. The molecule has 1 N–H and O–H groups in total. The molecule has 126 valence electrons. The van der Waals surface area contributed by atoms with Gasteiger partial charge in [-0.3, -0.25) is 9.59 Å². The van der Waals surface area contributed by atoms with Crippen molar-refractivity contribution in [3.05, 3.63) is 45.9 Å². The number of nitrogens with one attached hydrogen (secondary N) is 1. The van der Waals surface area contributed by atoms with Crippen molar-refractivity contribution in [2.45, 2.75) is 19.8 Å². The number of H-pyrrole nitrogens is 1. The van der Waals surface area contributed by atoms with Gasteiger partial charge >= 0.3 is 0 Å². The minimum absolute atomic E-state index is 0.0825. The lowest BCUT2D eigenvalue weighted by Crippen LogP contribution is -2.38. The first-order valence-electron chi connectivity index (χ1n) is 8.02. The molecule has 0 radical (unpaired) electrons. The Bertz CT molecular complexity index is 767. The highest BCUT2D eigenvalue weighted by atomic mass is 32.2. The first-order chi connectivity index (χ1) is 11.6. The van der Waals surface area contributed by atoms with Crippen molar-refractivity contribution in [3.63, 3.8) is 0 Å². The van der Waals surface area contributed by atoms with E-state index in [0.29, 0.717) is 24.4 Å². The highest BCUT2D eigenvalue weighted by molar-refractivity contribution is 7.99. The van der Waals surface area contributed by atoms with Crippen LogP contribution >= 0.6 is 11.8 Å². The molecule has 1 fully saturated rings. The maximum Gasteiger partial charge on any atom is 0.273 e. The first kappa shape index (κ1) is 16.7. The fourth-order valence-electron chi connectivity index (χ4n) is 2.56. The topological polar surface area (TPSA) is 79.0 Å².